The Balaban J connectivity index is 1.67. The van der Waals surface area contributed by atoms with Crippen LogP contribution in [0.2, 0.25) is 0 Å². The molecule has 0 radical (unpaired) electrons. The molecule has 0 spiro atoms. The summed E-state index contributed by atoms with van der Waals surface area (Å²) in [5, 5.41) is 2.74. The molecule has 0 aliphatic carbocycles. The second-order valence-corrected chi connectivity index (χ2v) is 6.51. The lowest BCUT2D eigenvalue weighted by Crippen LogP contribution is -2.41. The number of carbonyl (C=O) groups is 3. The Labute approximate surface area is 174 Å². The number of para-hydroxylation sites is 1. The van der Waals surface area contributed by atoms with E-state index < -0.39 is 11.8 Å². The third-order valence-corrected chi connectivity index (χ3v) is 4.34. The van der Waals surface area contributed by atoms with E-state index in [0.29, 0.717) is 22.6 Å². The Hall–Kier alpha value is -4.13. The first-order valence-corrected chi connectivity index (χ1v) is 9.19. The number of anilines is 1. The smallest absolute Gasteiger partial charge is 0.271 e. The molecule has 0 aromatic heterocycles. The summed E-state index contributed by atoms with van der Waals surface area (Å²) in [6.07, 6.45) is 0. The number of ether oxygens (including phenoxy) is 1. The number of amides is 3. The Morgan fingerprint density at radius 1 is 0.733 bits per heavy atom. The summed E-state index contributed by atoms with van der Waals surface area (Å²) in [5.41, 5.74) is 7.08. The van der Waals surface area contributed by atoms with Crippen LogP contribution in [0.1, 0.15) is 36.6 Å². The third kappa shape index (κ3) is 5.02. The summed E-state index contributed by atoms with van der Waals surface area (Å²) < 4.78 is 5.05. The number of hydrogen-bond donors (Lipinski definition) is 3. The number of hydrazine groups is 1. The molecular formula is C23H21N3O4. The molecule has 0 bridgehead atoms. The summed E-state index contributed by atoms with van der Waals surface area (Å²) in [6, 6.07) is 20.1. The zero-order valence-electron chi connectivity index (χ0n) is 16.6. The minimum absolute atomic E-state index is 0.216. The highest BCUT2D eigenvalue weighted by molar-refractivity contribution is 6.09. The van der Waals surface area contributed by atoms with Gasteiger partial charge in [-0.15, -0.1) is 0 Å². The second-order valence-electron chi connectivity index (χ2n) is 6.51. The molecule has 0 saturated heterocycles. The zero-order chi connectivity index (χ0) is 21.5. The van der Waals surface area contributed by atoms with Crippen LogP contribution in [0.3, 0.4) is 0 Å². The fourth-order valence-corrected chi connectivity index (χ4v) is 2.77. The van der Waals surface area contributed by atoms with Gasteiger partial charge in [-0.1, -0.05) is 29.8 Å². The van der Waals surface area contributed by atoms with Gasteiger partial charge in [-0.3, -0.25) is 25.2 Å². The van der Waals surface area contributed by atoms with Crippen LogP contribution >= 0.6 is 0 Å². The summed E-state index contributed by atoms with van der Waals surface area (Å²) >= 11 is 0. The van der Waals surface area contributed by atoms with Crippen LogP contribution in [-0.4, -0.2) is 24.8 Å². The van der Waals surface area contributed by atoms with E-state index in [1.807, 2.05) is 13.0 Å². The van der Waals surface area contributed by atoms with Gasteiger partial charge in [0.15, 0.2) is 0 Å². The number of methoxy groups -OCH3 is 1. The molecule has 3 N–H and O–H groups in total. The standard InChI is InChI=1S/C23H21N3O4/c1-15-6-5-7-17(14-15)21(27)24-20-9-4-3-8-19(20)23(29)26-25-22(28)16-10-12-18(30-2)13-11-16/h3-14H,1-2H3,(H,24,27)(H,25,28)(H,26,29). The number of carbonyl (C=O) groups excluding carboxylic acids is 3. The van der Waals surface area contributed by atoms with Crippen molar-refractivity contribution in [1.29, 1.82) is 0 Å². The van der Waals surface area contributed by atoms with Gasteiger partial charge in [0.2, 0.25) is 0 Å². The Morgan fingerprint density at radius 3 is 2.13 bits per heavy atom. The first-order chi connectivity index (χ1) is 14.5. The second kappa shape index (κ2) is 9.38. The predicted molar refractivity (Wildman–Crippen MR) is 114 cm³/mol. The van der Waals surface area contributed by atoms with Crippen LogP contribution < -0.4 is 20.9 Å². The van der Waals surface area contributed by atoms with Crippen molar-refractivity contribution in [1.82, 2.24) is 10.9 Å². The van der Waals surface area contributed by atoms with E-state index in [9.17, 15) is 14.4 Å². The molecule has 7 heteroatoms. The van der Waals surface area contributed by atoms with Crippen molar-refractivity contribution in [2.75, 3.05) is 12.4 Å². The molecule has 0 aliphatic heterocycles. The number of nitrogens with one attached hydrogen (secondary N) is 3. The molecule has 0 aliphatic rings. The Morgan fingerprint density at radius 2 is 1.43 bits per heavy atom. The highest BCUT2D eigenvalue weighted by Gasteiger charge is 2.15. The minimum Gasteiger partial charge on any atom is -0.497 e. The molecular weight excluding hydrogens is 382 g/mol. The monoisotopic (exact) mass is 403 g/mol. The molecule has 3 aromatic rings. The largest absolute Gasteiger partial charge is 0.497 e. The van der Waals surface area contributed by atoms with Gasteiger partial charge in [-0.05, 0) is 55.5 Å². The summed E-state index contributed by atoms with van der Waals surface area (Å²) in [6.45, 7) is 1.89. The molecule has 0 unspecified atom stereocenters. The van der Waals surface area contributed by atoms with Gasteiger partial charge in [0.1, 0.15) is 5.75 Å². The van der Waals surface area contributed by atoms with Crippen molar-refractivity contribution < 1.29 is 19.1 Å². The molecule has 0 heterocycles. The van der Waals surface area contributed by atoms with E-state index in [4.69, 9.17) is 4.74 Å². The molecule has 3 rings (SSSR count). The van der Waals surface area contributed by atoms with Crippen LogP contribution in [0.25, 0.3) is 0 Å². The third-order valence-electron chi connectivity index (χ3n) is 4.34. The number of rotatable bonds is 5. The van der Waals surface area contributed by atoms with E-state index in [-0.39, 0.29) is 11.5 Å². The molecule has 0 atom stereocenters. The van der Waals surface area contributed by atoms with Crippen molar-refractivity contribution in [3.05, 3.63) is 95.1 Å². The zero-order valence-corrected chi connectivity index (χ0v) is 16.6. The van der Waals surface area contributed by atoms with Gasteiger partial charge in [0, 0.05) is 11.1 Å². The van der Waals surface area contributed by atoms with E-state index in [1.165, 1.54) is 7.11 Å². The number of benzene rings is 3. The average Bonchev–Trinajstić information content (AvgIpc) is 2.77. The summed E-state index contributed by atoms with van der Waals surface area (Å²) in [4.78, 5) is 37.3. The maximum Gasteiger partial charge on any atom is 0.271 e. The number of aryl methyl sites for hydroxylation is 1. The lowest BCUT2D eigenvalue weighted by atomic mass is 10.1. The topological polar surface area (TPSA) is 96.5 Å². The van der Waals surface area contributed by atoms with Crippen LogP contribution in [0.5, 0.6) is 5.75 Å². The Kier molecular flexibility index (Phi) is 6.44. The fourth-order valence-electron chi connectivity index (χ4n) is 2.77. The van der Waals surface area contributed by atoms with Crippen molar-refractivity contribution in [3.63, 3.8) is 0 Å². The molecule has 3 amide bonds. The lowest BCUT2D eigenvalue weighted by Gasteiger charge is -2.12. The van der Waals surface area contributed by atoms with Gasteiger partial charge in [-0.25, -0.2) is 0 Å². The van der Waals surface area contributed by atoms with Gasteiger partial charge >= 0.3 is 0 Å². The maximum absolute atomic E-state index is 12.6. The quantitative estimate of drug-likeness (QED) is 0.570. The molecule has 3 aromatic carbocycles. The average molecular weight is 403 g/mol. The van der Waals surface area contributed by atoms with Crippen LogP contribution in [0.15, 0.2) is 72.8 Å². The van der Waals surface area contributed by atoms with Gasteiger partial charge < -0.3 is 10.1 Å². The maximum atomic E-state index is 12.6. The van der Waals surface area contributed by atoms with Gasteiger partial charge in [0.05, 0.1) is 18.4 Å². The lowest BCUT2D eigenvalue weighted by molar-refractivity contribution is 0.0847. The fraction of sp³-hybridized carbons (Fsp3) is 0.0870. The molecule has 30 heavy (non-hydrogen) atoms. The SMILES string of the molecule is COc1ccc(C(=O)NNC(=O)c2ccccc2NC(=O)c2cccc(C)c2)cc1. The highest BCUT2D eigenvalue weighted by atomic mass is 16.5. The summed E-state index contributed by atoms with van der Waals surface area (Å²) in [7, 11) is 1.53. The van der Waals surface area contributed by atoms with E-state index in [1.54, 1.807) is 66.7 Å². The molecule has 0 saturated carbocycles. The molecule has 7 nitrogen and oxygen atoms in total. The van der Waals surface area contributed by atoms with Crippen LogP contribution in [-0.2, 0) is 0 Å². The van der Waals surface area contributed by atoms with E-state index in [0.717, 1.165) is 5.56 Å². The van der Waals surface area contributed by atoms with Gasteiger partial charge in [-0.2, -0.15) is 0 Å². The van der Waals surface area contributed by atoms with Crippen molar-refractivity contribution in [2.24, 2.45) is 0 Å². The highest BCUT2D eigenvalue weighted by Crippen LogP contribution is 2.17. The Bertz CT molecular complexity index is 1080. The van der Waals surface area contributed by atoms with E-state index in [2.05, 4.69) is 16.2 Å². The summed E-state index contributed by atoms with van der Waals surface area (Å²) in [5.74, 6) is -0.751. The van der Waals surface area contributed by atoms with Crippen molar-refractivity contribution in [3.8, 4) is 5.75 Å². The van der Waals surface area contributed by atoms with Crippen molar-refractivity contribution in [2.45, 2.75) is 6.92 Å². The van der Waals surface area contributed by atoms with E-state index >= 15 is 0 Å². The van der Waals surface area contributed by atoms with Crippen molar-refractivity contribution >= 4 is 23.4 Å². The molecule has 152 valence electrons. The number of hydrogen-bond acceptors (Lipinski definition) is 4. The molecule has 0 fully saturated rings. The minimum atomic E-state index is -0.558. The predicted octanol–water partition coefficient (Wildman–Crippen LogP) is 3.33. The van der Waals surface area contributed by atoms with Gasteiger partial charge in [0.25, 0.3) is 17.7 Å². The first-order valence-electron chi connectivity index (χ1n) is 9.19. The van der Waals surface area contributed by atoms with Crippen LogP contribution in [0.4, 0.5) is 5.69 Å². The first kappa shape index (κ1) is 20.6. The van der Waals surface area contributed by atoms with Crippen LogP contribution in [0, 0.1) is 6.92 Å². The normalized spacial score (nSPS) is 10.1.